The van der Waals surface area contributed by atoms with Crippen molar-refractivity contribution in [3.8, 4) is 11.3 Å². The second-order valence-corrected chi connectivity index (χ2v) is 6.92. The molecule has 0 aliphatic heterocycles. The minimum absolute atomic E-state index is 0.167. The molecule has 0 aliphatic rings. The van der Waals surface area contributed by atoms with Crippen molar-refractivity contribution >= 4 is 34.2 Å². The lowest BCUT2D eigenvalue weighted by molar-refractivity contribution is 0.587. The number of aromatic nitrogens is 4. The Morgan fingerprint density at radius 3 is 2.69 bits per heavy atom. The van der Waals surface area contributed by atoms with E-state index in [0.717, 1.165) is 10.9 Å². The van der Waals surface area contributed by atoms with Gasteiger partial charge >= 0.3 is 0 Å². The van der Waals surface area contributed by atoms with Crippen molar-refractivity contribution in [2.24, 2.45) is 0 Å². The quantitative estimate of drug-likeness (QED) is 0.540. The van der Waals surface area contributed by atoms with Gasteiger partial charge in [0.2, 0.25) is 5.95 Å². The molecule has 130 valence electrons. The fourth-order valence-electron chi connectivity index (χ4n) is 2.74. The van der Waals surface area contributed by atoms with Gasteiger partial charge in [0.15, 0.2) is 10.5 Å². The SMILES string of the molecule is CNc1cc(-c2cn([S+]([O-])c3ccccc3)c3ncccc23)nc(N)n1. The van der Waals surface area contributed by atoms with Crippen LogP contribution in [0.4, 0.5) is 11.8 Å². The van der Waals surface area contributed by atoms with Crippen molar-refractivity contribution in [3.05, 3.63) is 60.9 Å². The number of nitrogens with zero attached hydrogens (tertiary/aromatic N) is 4. The van der Waals surface area contributed by atoms with Crippen LogP contribution in [0.2, 0.25) is 0 Å². The molecule has 0 radical (unpaired) electrons. The molecule has 0 saturated carbocycles. The molecular weight excluding hydrogens is 348 g/mol. The number of fused-ring (bicyclic) bond motifs is 1. The Labute approximate surface area is 153 Å². The average molecular weight is 364 g/mol. The monoisotopic (exact) mass is 364 g/mol. The molecule has 0 amide bonds. The third-order valence-electron chi connectivity index (χ3n) is 3.93. The Morgan fingerprint density at radius 2 is 1.92 bits per heavy atom. The van der Waals surface area contributed by atoms with Crippen molar-refractivity contribution in [2.45, 2.75) is 4.90 Å². The fraction of sp³-hybridized carbons (Fsp3) is 0.0556. The molecular formula is C18H16N6OS. The Morgan fingerprint density at radius 1 is 1.12 bits per heavy atom. The van der Waals surface area contributed by atoms with Gasteiger partial charge in [-0.15, -0.1) is 3.97 Å². The maximum absolute atomic E-state index is 13.1. The van der Waals surface area contributed by atoms with Gasteiger partial charge in [-0.1, -0.05) is 18.2 Å². The topological polar surface area (TPSA) is 105 Å². The van der Waals surface area contributed by atoms with Crippen LogP contribution >= 0.6 is 0 Å². The summed E-state index contributed by atoms with van der Waals surface area (Å²) in [6.07, 6.45) is 3.47. The Balaban J connectivity index is 1.91. The predicted octanol–water partition coefficient (Wildman–Crippen LogP) is 2.69. The zero-order chi connectivity index (χ0) is 18.1. The minimum atomic E-state index is -1.42. The largest absolute Gasteiger partial charge is 0.587 e. The normalized spacial score (nSPS) is 12.2. The number of hydrogen-bond acceptors (Lipinski definition) is 6. The van der Waals surface area contributed by atoms with Crippen molar-refractivity contribution in [1.82, 2.24) is 18.9 Å². The van der Waals surface area contributed by atoms with Crippen LogP contribution in [0.3, 0.4) is 0 Å². The summed E-state index contributed by atoms with van der Waals surface area (Å²) in [4.78, 5) is 13.6. The number of benzene rings is 1. The fourth-order valence-corrected chi connectivity index (χ4v) is 3.86. The maximum Gasteiger partial charge on any atom is 0.222 e. The molecule has 0 fully saturated rings. The van der Waals surface area contributed by atoms with Crippen LogP contribution < -0.4 is 11.1 Å². The Kier molecular flexibility index (Phi) is 4.19. The summed E-state index contributed by atoms with van der Waals surface area (Å²) in [7, 11) is 1.76. The zero-order valence-electron chi connectivity index (χ0n) is 14.0. The van der Waals surface area contributed by atoms with Crippen LogP contribution in [0.1, 0.15) is 0 Å². The molecule has 0 aliphatic carbocycles. The van der Waals surface area contributed by atoms with Crippen molar-refractivity contribution in [2.75, 3.05) is 18.1 Å². The first kappa shape index (κ1) is 16.4. The second-order valence-electron chi connectivity index (χ2n) is 5.55. The number of anilines is 2. The second kappa shape index (κ2) is 6.66. The number of pyridine rings is 1. The molecule has 0 saturated heterocycles. The first-order chi connectivity index (χ1) is 12.7. The van der Waals surface area contributed by atoms with E-state index in [1.165, 1.54) is 0 Å². The average Bonchev–Trinajstić information content (AvgIpc) is 3.07. The van der Waals surface area contributed by atoms with Crippen LogP contribution in [-0.4, -0.2) is 30.5 Å². The summed E-state index contributed by atoms with van der Waals surface area (Å²) in [5.74, 6) is 0.780. The van der Waals surface area contributed by atoms with Crippen molar-refractivity contribution < 1.29 is 4.55 Å². The van der Waals surface area contributed by atoms with Gasteiger partial charge < -0.3 is 15.6 Å². The molecule has 1 atom stereocenters. The highest BCUT2D eigenvalue weighted by Gasteiger charge is 2.22. The molecule has 0 bridgehead atoms. The van der Waals surface area contributed by atoms with E-state index in [4.69, 9.17) is 5.73 Å². The van der Waals surface area contributed by atoms with Crippen molar-refractivity contribution in [3.63, 3.8) is 0 Å². The van der Waals surface area contributed by atoms with Crippen LogP contribution in [0.15, 0.2) is 65.8 Å². The molecule has 3 N–H and O–H groups in total. The van der Waals surface area contributed by atoms with Gasteiger partial charge in [0.1, 0.15) is 17.2 Å². The number of nitrogen functional groups attached to an aromatic ring is 1. The number of hydrogen-bond donors (Lipinski definition) is 2. The lowest BCUT2D eigenvalue weighted by atomic mass is 10.1. The first-order valence-corrected chi connectivity index (χ1v) is 9.04. The minimum Gasteiger partial charge on any atom is -0.587 e. The smallest absolute Gasteiger partial charge is 0.222 e. The van der Waals surface area contributed by atoms with Crippen LogP contribution in [0, 0.1) is 0 Å². The molecule has 8 heteroatoms. The lowest BCUT2D eigenvalue weighted by Gasteiger charge is -2.10. The maximum atomic E-state index is 13.1. The van der Waals surface area contributed by atoms with E-state index in [2.05, 4.69) is 20.3 Å². The van der Waals surface area contributed by atoms with Gasteiger partial charge in [-0.2, -0.15) is 4.98 Å². The highest BCUT2D eigenvalue weighted by atomic mass is 32.2. The van der Waals surface area contributed by atoms with E-state index in [-0.39, 0.29) is 5.95 Å². The first-order valence-electron chi connectivity index (χ1n) is 7.93. The summed E-state index contributed by atoms with van der Waals surface area (Å²) in [5.41, 5.74) is 7.88. The predicted molar refractivity (Wildman–Crippen MR) is 103 cm³/mol. The Bertz CT molecular complexity index is 1070. The van der Waals surface area contributed by atoms with Crippen LogP contribution in [0.5, 0.6) is 0 Å². The van der Waals surface area contributed by atoms with Gasteiger partial charge in [0.25, 0.3) is 0 Å². The molecule has 3 heterocycles. The standard InChI is InChI=1S/C18H16N6OS/c1-20-16-10-15(22-18(19)23-16)14-11-24(17-13(14)8-5-9-21-17)26(25)12-6-3-2-4-7-12/h2-11H,1H3,(H3,19,20,22,23). The lowest BCUT2D eigenvalue weighted by Crippen LogP contribution is -2.12. The molecule has 0 spiro atoms. The summed E-state index contributed by atoms with van der Waals surface area (Å²) in [5, 5.41) is 3.81. The highest BCUT2D eigenvalue weighted by molar-refractivity contribution is 7.90. The summed E-state index contributed by atoms with van der Waals surface area (Å²) in [6.45, 7) is 0. The Hall–Kier alpha value is -3.10. The van der Waals surface area contributed by atoms with E-state index in [1.54, 1.807) is 29.5 Å². The van der Waals surface area contributed by atoms with Gasteiger partial charge in [0, 0.05) is 30.3 Å². The van der Waals surface area contributed by atoms with Gasteiger partial charge in [-0.25, -0.2) is 9.97 Å². The van der Waals surface area contributed by atoms with Crippen LogP contribution in [0.25, 0.3) is 22.3 Å². The molecule has 1 unspecified atom stereocenters. The van der Waals surface area contributed by atoms with Gasteiger partial charge in [-0.3, -0.25) is 0 Å². The highest BCUT2D eigenvalue weighted by Crippen LogP contribution is 2.32. The number of nitrogens with one attached hydrogen (secondary N) is 1. The zero-order valence-corrected chi connectivity index (χ0v) is 14.8. The molecule has 4 aromatic rings. The molecule has 4 rings (SSSR count). The van der Waals surface area contributed by atoms with Gasteiger partial charge in [-0.05, 0) is 24.3 Å². The van der Waals surface area contributed by atoms with E-state index < -0.39 is 11.4 Å². The van der Waals surface area contributed by atoms with E-state index >= 15 is 0 Å². The summed E-state index contributed by atoms with van der Waals surface area (Å²) < 4.78 is 14.7. The number of nitrogens with two attached hydrogens (primary N) is 1. The summed E-state index contributed by atoms with van der Waals surface area (Å²) >= 11 is -1.42. The third kappa shape index (κ3) is 2.85. The third-order valence-corrected chi connectivity index (χ3v) is 5.24. The van der Waals surface area contributed by atoms with E-state index in [0.29, 0.717) is 22.1 Å². The number of rotatable bonds is 4. The molecule has 26 heavy (non-hydrogen) atoms. The van der Waals surface area contributed by atoms with Crippen LogP contribution in [-0.2, 0) is 11.4 Å². The molecule has 3 aromatic heterocycles. The molecule has 7 nitrogen and oxygen atoms in total. The summed E-state index contributed by atoms with van der Waals surface area (Å²) in [6, 6.07) is 14.8. The van der Waals surface area contributed by atoms with Crippen molar-refractivity contribution in [1.29, 1.82) is 0 Å². The van der Waals surface area contributed by atoms with Gasteiger partial charge in [0.05, 0.1) is 11.9 Å². The van der Waals surface area contributed by atoms with E-state index in [9.17, 15) is 4.55 Å². The molecule has 1 aromatic carbocycles. The van der Waals surface area contributed by atoms with E-state index in [1.807, 2.05) is 42.5 Å².